The Morgan fingerprint density at radius 2 is 1.90 bits per heavy atom. The van der Waals surface area contributed by atoms with Gasteiger partial charge in [0.2, 0.25) is 5.91 Å². The maximum absolute atomic E-state index is 13.0. The first kappa shape index (κ1) is 21.3. The molecular weight excluding hydrogens is 432 g/mol. The van der Waals surface area contributed by atoms with Crippen LogP contribution in [0.2, 0.25) is 0 Å². The molecule has 1 amide bonds. The Morgan fingerprint density at radius 3 is 2.65 bits per heavy atom. The lowest BCUT2D eigenvalue weighted by Gasteiger charge is -2.39. The fourth-order valence-corrected chi connectivity index (χ4v) is 7.97. The summed E-state index contributed by atoms with van der Waals surface area (Å²) in [7, 11) is -2.85. The first-order valence-corrected chi connectivity index (χ1v) is 13.9. The van der Waals surface area contributed by atoms with Gasteiger partial charge in [0, 0.05) is 51.2 Å². The normalized spacial score (nSPS) is 27.7. The molecule has 3 aliphatic heterocycles. The van der Waals surface area contributed by atoms with E-state index in [4.69, 9.17) is 4.98 Å². The number of thiazole rings is 1. The van der Waals surface area contributed by atoms with Crippen LogP contribution in [0.1, 0.15) is 30.2 Å². The number of carbonyl (C=O) groups is 1. The van der Waals surface area contributed by atoms with E-state index in [2.05, 4.69) is 21.9 Å². The van der Waals surface area contributed by atoms with Crippen LogP contribution in [-0.2, 0) is 14.6 Å². The number of hydrogen-bond acceptors (Lipinski definition) is 7. The largest absolute Gasteiger partial charge is 0.341 e. The van der Waals surface area contributed by atoms with Crippen LogP contribution in [0.15, 0.2) is 24.3 Å². The van der Waals surface area contributed by atoms with E-state index in [1.807, 2.05) is 17.0 Å². The summed E-state index contributed by atoms with van der Waals surface area (Å²) < 4.78 is 24.7. The zero-order valence-electron chi connectivity index (χ0n) is 17.8. The zero-order chi connectivity index (χ0) is 21.4. The number of nitrogens with zero attached hydrogens (tertiary/aromatic N) is 4. The van der Waals surface area contributed by atoms with E-state index in [0.717, 1.165) is 69.1 Å². The minimum atomic E-state index is -2.85. The number of amides is 1. The fraction of sp³-hybridized carbons (Fsp3) is 0.636. The molecule has 0 saturated carbocycles. The Hall–Kier alpha value is -1.55. The van der Waals surface area contributed by atoms with E-state index < -0.39 is 9.84 Å². The number of piperazine rings is 1. The molecule has 2 aromatic rings. The van der Waals surface area contributed by atoms with Gasteiger partial charge in [-0.05, 0) is 31.4 Å². The molecule has 0 aliphatic carbocycles. The number of rotatable bonds is 4. The summed E-state index contributed by atoms with van der Waals surface area (Å²) in [6.07, 6.45) is 2.87. The van der Waals surface area contributed by atoms with Crippen molar-refractivity contribution in [1.29, 1.82) is 0 Å². The number of hydrogen-bond donors (Lipinski definition) is 0. The number of benzene rings is 1. The van der Waals surface area contributed by atoms with Crippen molar-refractivity contribution in [3.8, 4) is 0 Å². The van der Waals surface area contributed by atoms with Crippen LogP contribution in [-0.4, -0.2) is 97.4 Å². The maximum atomic E-state index is 13.0. The van der Waals surface area contributed by atoms with Crippen molar-refractivity contribution in [1.82, 2.24) is 19.7 Å². The van der Waals surface area contributed by atoms with Gasteiger partial charge in [0.25, 0.3) is 0 Å². The first-order valence-electron chi connectivity index (χ1n) is 11.3. The average Bonchev–Trinajstić information content (AvgIpc) is 3.37. The van der Waals surface area contributed by atoms with Crippen molar-refractivity contribution in [2.24, 2.45) is 0 Å². The van der Waals surface area contributed by atoms with Gasteiger partial charge < -0.3 is 4.90 Å². The molecule has 0 bridgehead atoms. The molecule has 4 heterocycles. The third kappa shape index (κ3) is 4.79. The second-order valence-corrected chi connectivity index (χ2v) is 12.4. The highest BCUT2D eigenvalue weighted by molar-refractivity contribution is 7.91. The van der Waals surface area contributed by atoms with Crippen LogP contribution in [0.5, 0.6) is 0 Å². The molecule has 3 fully saturated rings. The van der Waals surface area contributed by atoms with Crippen molar-refractivity contribution in [2.75, 3.05) is 57.3 Å². The summed E-state index contributed by atoms with van der Waals surface area (Å²) in [5.74, 6) is 1.16. The highest BCUT2D eigenvalue weighted by atomic mass is 32.2. The van der Waals surface area contributed by atoms with E-state index in [0.29, 0.717) is 24.0 Å². The summed E-state index contributed by atoms with van der Waals surface area (Å²) in [6.45, 7) is 5.42. The van der Waals surface area contributed by atoms with Gasteiger partial charge in [-0.3, -0.25) is 14.6 Å². The molecule has 2 atom stereocenters. The molecule has 9 heteroatoms. The minimum absolute atomic E-state index is 0.166. The number of carbonyl (C=O) groups excluding carboxylic acids is 1. The second-order valence-electron chi connectivity index (χ2n) is 9.07. The molecular formula is C22H30N4O3S2. The van der Waals surface area contributed by atoms with Crippen molar-refractivity contribution in [2.45, 2.75) is 31.2 Å². The molecule has 0 N–H and O–H groups in total. The topological polar surface area (TPSA) is 73.8 Å². The summed E-state index contributed by atoms with van der Waals surface area (Å²) in [5.41, 5.74) is 1.05. The van der Waals surface area contributed by atoms with E-state index in [1.54, 1.807) is 11.3 Å². The van der Waals surface area contributed by atoms with Crippen LogP contribution in [0.25, 0.3) is 10.2 Å². The van der Waals surface area contributed by atoms with Crippen molar-refractivity contribution >= 4 is 37.3 Å². The van der Waals surface area contributed by atoms with Crippen molar-refractivity contribution in [3.63, 3.8) is 0 Å². The smallest absolute Gasteiger partial charge is 0.236 e. The van der Waals surface area contributed by atoms with Crippen molar-refractivity contribution < 1.29 is 13.2 Å². The number of piperidine rings is 1. The van der Waals surface area contributed by atoms with Gasteiger partial charge >= 0.3 is 0 Å². The molecule has 7 nitrogen and oxygen atoms in total. The SMILES string of the molecule is O=C(CN1CCN([C@@H]2CCS(=O)(=O)C2)CC1)N1CCC[C@@H](c2nc3ccccc3s2)C1. The van der Waals surface area contributed by atoms with Crippen LogP contribution < -0.4 is 0 Å². The third-order valence-corrected chi connectivity index (χ3v) is 9.87. The quantitative estimate of drug-likeness (QED) is 0.690. The second kappa shape index (κ2) is 8.77. The number of sulfone groups is 1. The monoisotopic (exact) mass is 462 g/mol. The zero-order valence-corrected chi connectivity index (χ0v) is 19.4. The fourth-order valence-electron chi connectivity index (χ4n) is 5.11. The molecule has 0 spiro atoms. The number of likely N-dealkylation sites (tertiary alicyclic amines) is 1. The van der Waals surface area contributed by atoms with Gasteiger partial charge in [-0.25, -0.2) is 13.4 Å². The molecule has 0 unspecified atom stereocenters. The molecule has 168 valence electrons. The standard InChI is InChI=1S/C22H30N4O3S2/c27-21(15-24-9-11-25(12-10-24)18-7-13-31(28,29)16-18)26-8-3-4-17(14-26)22-23-19-5-1-2-6-20(19)30-22/h1-2,5-6,17-18H,3-4,7-16H2/t17-,18-/m1/s1. The lowest BCUT2D eigenvalue weighted by Crippen LogP contribution is -2.53. The van der Waals surface area contributed by atoms with E-state index in [1.165, 1.54) is 4.70 Å². The van der Waals surface area contributed by atoms with E-state index in [9.17, 15) is 13.2 Å². The molecule has 0 radical (unpaired) electrons. The van der Waals surface area contributed by atoms with Gasteiger partial charge in [0.1, 0.15) is 0 Å². The Kier molecular flexibility index (Phi) is 6.02. The van der Waals surface area contributed by atoms with Crippen LogP contribution in [0.4, 0.5) is 0 Å². The molecule has 1 aromatic heterocycles. The molecule has 1 aromatic carbocycles. The summed E-state index contributed by atoms with van der Waals surface area (Å²) in [4.78, 5) is 24.4. The average molecular weight is 463 g/mol. The van der Waals surface area contributed by atoms with Crippen LogP contribution >= 0.6 is 11.3 Å². The van der Waals surface area contributed by atoms with Crippen LogP contribution in [0, 0.1) is 0 Å². The summed E-state index contributed by atoms with van der Waals surface area (Å²) in [6, 6.07) is 8.41. The highest BCUT2D eigenvalue weighted by Gasteiger charge is 2.34. The van der Waals surface area contributed by atoms with Gasteiger partial charge in [-0.2, -0.15) is 0 Å². The Labute approximate surface area is 187 Å². The molecule has 3 saturated heterocycles. The lowest BCUT2D eigenvalue weighted by molar-refractivity contribution is -0.134. The number of aromatic nitrogens is 1. The maximum Gasteiger partial charge on any atom is 0.236 e. The number of fused-ring (bicyclic) bond motifs is 1. The predicted octanol–water partition coefficient (Wildman–Crippen LogP) is 1.81. The van der Waals surface area contributed by atoms with Gasteiger partial charge in [0.15, 0.2) is 9.84 Å². The third-order valence-electron chi connectivity index (χ3n) is 6.92. The van der Waals surface area contributed by atoms with E-state index in [-0.39, 0.29) is 11.9 Å². The van der Waals surface area contributed by atoms with Crippen LogP contribution in [0.3, 0.4) is 0 Å². The van der Waals surface area contributed by atoms with Gasteiger partial charge in [0.05, 0.1) is 33.3 Å². The summed E-state index contributed by atoms with van der Waals surface area (Å²) in [5, 5.41) is 1.15. The van der Waals surface area contributed by atoms with Gasteiger partial charge in [-0.15, -0.1) is 11.3 Å². The first-order chi connectivity index (χ1) is 15.0. The molecule has 5 rings (SSSR count). The Morgan fingerprint density at radius 1 is 1.10 bits per heavy atom. The van der Waals surface area contributed by atoms with Gasteiger partial charge in [-0.1, -0.05) is 12.1 Å². The predicted molar refractivity (Wildman–Crippen MR) is 123 cm³/mol. The van der Waals surface area contributed by atoms with Crippen molar-refractivity contribution in [3.05, 3.63) is 29.3 Å². The molecule has 3 aliphatic rings. The van der Waals surface area contributed by atoms with E-state index >= 15 is 0 Å². The minimum Gasteiger partial charge on any atom is -0.341 e. The summed E-state index contributed by atoms with van der Waals surface area (Å²) >= 11 is 1.76. The lowest BCUT2D eigenvalue weighted by atomic mass is 9.98. The number of para-hydroxylation sites is 1. The molecule has 31 heavy (non-hydrogen) atoms. The Balaban J connectivity index is 1.14. The highest BCUT2D eigenvalue weighted by Crippen LogP contribution is 2.33. The Bertz CT molecular complexity index is 1010.